The number of allylic oxidation sites excluding steroid dienone is 2. The summed E-state index contributed by atoms with van der Waals surface area (Å²) in [6, 6.07) is 14.5. The van der Waals surface area contributed by atoms with Gasteiger partial charge in [0, 0.05) is 53.9 Å². The van der Waals surface area contributed by atoms with E-state index in [9.17, 15) is 9.59 Å². The van der Waals surface area contributed by atoms with Gasteiger partial charge in [0.2, 0.25) is 5.91 Å². The molecule has 1 unspecified atom stereocenters. The number of anilines is 1. The van der Waals surface area contributed by atoms with E-state index in [1.807, 2.05) is 47.9 Å². The van der Waals surface area contributed by atoms with E-state index < -0.39 is 6.04 Å². The molecule has 0 saturated heterocycles. The zero-order chi connectivity index (χ0) is 26.4. The molecule has 0 radical (unpaired) electrons. The number of nitrogens with one attached hydrogen (secondary N) is 4. The van der Waals surface area contributed by atoms with Crippen molar-refractivity contribution in [1.82, 2.24) is 25.0 Å². The summed E-state index contributed by atoms with van der Waals surface area (Å²) in [4.78, 5) is 33.8. The molecule has 1 atom stereocenters. The molecule has 3 heterocycles. The molecule has 4 rings (SSSR count). The maximum Gasteiger partial charge on any atom is 0.251 e. The standard InChI is InChI=1S/C28H29N7O2/c1-18(29)12-19(2)33-23-8-4-6-20(13-23)25-17-32-26-14-21(9-11-35(25)26)28(37)34-24(15-27(36)30-3)22-7-5-10-31-16-22/h4-14,16-17,24,29,33H,15H2,1-3H3,(H,30,36)(H,34,37)/b19-12-,29-18?. The lowest BCUT2D eigenvalue weighted by Crippen LogP contribution is -2.32. The molecule has 0 aliphatic carbocycles. The molecule has 0 spiro atoms. The number of carbonyl (C=O) groups is 2. The van der Waals surface area contributed by atoms with Crippen LogP contribution < -0.4 is 16.0 Å². The van der Waals surface area contributed by atoms with E-state index in [2.05, 4.69) is 25.9 Å². The molecule has 3 aromatic heterocycles. The number of hydrogen-bond donors (Lipinski definition) is 4. The van der Waals surface area contributed by atoms with E-state index in [1.165, 1.54) is 0 Å². The third-order valence-corrected chi connectivity index (χ3v) is 5.77. The van der Waals surface area contributed by atoms with Crippen molar-refractivity contribution in [3.8, 4) is 11.3 Å². The smallest absolute Gasteiger partial charge is 0.251 e. The summed E-state index contributed by atoms with van der Waals surface area (Å²) >= 11 is 0. The lowest BCUT2D eigenvalue weighted by Gasteiger charge is -2.18. The molecule has 0 saturated carbocycles. The maximum atomic E-state index is 13.1. The van der Waals surface area contributed by atoms with Gasteiger partial charge in [0.1, 0.15) is 5.65 Å². The molecular formula is C28H29N7O2. The fourth-order valence-corrected chi connectivity index (χ4v) is 4.04. The number of hydrogen-bond acceptors (Lipinski definition) is 6. The van der Waals surface area contributed by atoms with Crippen LogP contribution in [0.1, 0.15) is 42.2 Å². The fourth-order valence-electron chi connectivity index (χ4n) is 4.04. The highest BCUT2D eigenvalue weighted by molar-refractivity contribution is 5.96. The van der Waals surface area contributed by atoms with Gasteiger partial charge in [-0.15, -0.1) is 0 Å². The van der Waals surface area contributed by atoms with E-state index in [0.717, 1.165) is 28.2 Å². The maximum absolute atomic E-state index is 13.1. The largest absolute Gasteiger partial charge is 0.359 e. The van der Waals surface area contributed by atoms with Crippen LogP contribution in [0.2, 0.25) is 0 Å². The third kappa shape index (κ3) is 6.26. The minimum atomic E-state index is -0.517. The van der Waals surface area contributed by atoms with Gasteiger partial charge in [-0.25, -0.2) is 4.98 Å². The summed E-state index contributed by atoms with van der Waals surface area (Å²) in [5.74, 6) is -0.488. The first kappa shape index (κ1) is 25.3. The van der Waals surface area contributed by atoms with E-state index in [1.54, 1.807) is 56.8 Å². The molecular weight excluding hydrogens is 466 g/mol. The predicted octanol–water partition coefficient (Wildman–Crippen LogP) is 4.36. The van der Waals surface area contributed by atoms with Crippen molar-refractivity contribution < 1.29 is 9.59 Å². The topological polar surface area (TPSA) is 124 Å². The lowest BCUT2D eigenvalue weighted by molar-refractivity contribution is -0.121. The Morgan fingerprint density at radius 2 is 1.95 bits per heavy atom. The fraction of sp³-hybridized carbons (Fsp3) is 0.179. The molecule has 9 heteroatoms. The van der Waals surface area contributed by atoms with Gasteiger partial charge in [-0.2, -0.15) is 0 Å². The van der Waals surface area contributed by atoms with Crippen LogP contribution in [0.3, 0.4) is 0 Å². The molecule has 4 aromatic rings. The number of aromatic nitrogens is 3. The van der Waals surface area contributed by atoms with Gasteiger partial charge in [0.25, 0.3) is 5.91 Å². The van der Waals surface area contributed by atoms with Crippen LogP contribution in [0.4, 0.5) is 5.69 Å². The second-order valence-electron chi connectivity index (χ2n) is 8.69. The normalized spacial score (nSPS) is 12.1. The van der Waals surface area contributed by atoms with E-state index in [-0.39, 0.29) is 18.2 Å². The highest BCUT2D eigenvalue weighted by Crippen LogP contribution is 2.25. The average Bonchev–Trinajstić information content (AvgIpc) is 3.31. The highest BCUT2D eigenvalue weighted by atomic mass is 16.2. The van der Waals surface area contributed by atoms with Crippen molar-refractivity contribution >= 4 is 28.9 Å². The summed E-state index contributed by atoms with van der Waals surface area (Å²) in [5.41, 5.74) is 5.89. The van der Waals surface area contributed by atoms with Crippen LogP contribution >= 0.6 is 0 Å². The minimum absolute atomic E-state index is 0.0993. The molecule has 4 N–H and O–H groups in total. The Bertz CT molecular complexity index is 1470. The van der Waals surface area contributed by atoms with Crippen molar-refractivity contribution in [3.63, 3.8) is 0 Å². The molecule has 2 amide bonds. The number of rotatable bonds is 9. The van der Waals surface area contributed by atoms with E-state index in [4.69, 9.17) is 5.41 Å². The first-order chi connectivity index (χ1) is 17.8. The van der Waals surface area contributed by atoms with Gasteiger partial charge >= 0.3 is 0 Å². The minimum Gasteiger partial charge on any atom is -0.359 e. The van der Waals surface area contributed by atoms with Crippen molar-refractivity contribution in [3.05, 3.63) is 96.2 Å². The van der Waals surface area contributed by atoms with Crippen molar-refractivity contribution in [2.45, 2.75) is 26.3 Å². The van der Waals surface area contributed by atoms with Crippen LogP contribution in [-0.2, 0) is 4.79 Å². The van der Waals surface area contributed by atoms with Crippen LogP contribution in [-0.4, -0.2) is 38.9 Å². The molecule has 0 aliphatic heterocycles. The second kappa shape index (κ2) is 11.3. The molecule has 1 aromatic carbocycles. The molecule has 188 valence electrons. The summed E-state index contributed by atoms with van der Waals surface area (Å²) in [7, 11) is 1.56. The number of fused-ring (bicyclic) bond motifs is 1. The van der Waals surface area contributed by atoms with Crippen LogP contribution in [0.15, 0.2) is 85.1 Å². The number of pyridine rings is 2. The number of imidazole rings is 1. The van der Waals surface area contributed by atoms with Crippen LogP contribution in [0, 0.1) is 5.41 Å². The van der Waals surface area contributed by atoms with E-state index >= 15 is 0 Å². The number of benzene rings is 1. The summed E-state index contributed by atoms with van der Waals surface area (Å²) < 4.78 is 1.92. The zero-order valence-corrected chi connectivity index (χ0v) is 20.9. The number of amides is 2. The molecule has 9 nitrogen and oxygen atoms in total. The second-order valence-corrected chi connectivity index (χ2v) is 8.69. The molecule has 0 aliphatic rings. The predicted molar refractivity (Wildman–Crippen MR) is 145 cm³/mol. The first-order valence-corrected chi connectivity index (χ1v) is 11.8. The Kier molecular flexibility index (Phi) is 7.73. The highest BCUT2D eigenvalue weighted by Gasteiger charge is 2.20. The van der Waals surface area contributed by atoms with Crippen LogP contribution in [0.5, 0.6) is 0 Å². The molecule has 0 bridgehead atoms. The Morgan fingerprint density at radius 1 is 1.11 bits per heavy atom. The monoisotopic (exact) mass is 495 g/mol. The van der Waals surface area contributed by atoms with Gasteiger partial charge in [-0.05, 0) is 55.8 Å². The van der Waals surface area contributed by atoms with Crippen molar-refractivity contribution in [1.29, 1.82) is 5.41 Å². The number of carbonyl (C=O) groups excluding carboxylic acids is 2. The quantitative estimate of drug-likeness (QED) is 0.257. The Labute approximate surface area is 215 Å². The third-order valence-electron chi connectivity index (χ3n) is 5.77. The molecule has 0 fully saturated rings. The Hall–Kier alpha value is -4.79. The van der Waals surface area contributed by atoms with Gasteiger partial charge in [0.05, 0.1) is 24.4 Å². The van der Waals surface area contributed by atoms with E-state index in [0.29, 0.717) is 16.9 Å². The lowest BCUT2D eigenvalue weighted by atomic mass is 10.0. The van der Waals surface area contributed by atoms with Gasteiger partial charge in [-0.3, -0.25) is 19.0 Å². The first-order valence-electron chi connectivity index (χ1n) is 11.8. The summed E-state index contributed by atoms with van der Waals surface area (Å²) in [5, 5.41) is 16.5. The van der Waals surface area contributed by atoms with Gasteiger partial charge in [0.15, 0.2) is 0 Å². The Morgan fingerprint density at radius 3 is 2.68 bits per heavy atom. The average molecular weight is 496 g/mol. The zero-order valence-electron chi connectivity index (χ0n) is 20.9. The summed E-state index contributed by atoms with van der Waals surface area (Å²) in [6.07, 6.45) is 8.74. The summed E-state index contributed by atoms with van der Waals surface area (Å²) in [6.45, 7) is 3.65. The number of nitrogens with zero attached hydrogens (tertiary/aromatic N) is 3. The van der Waals surface area contributed by atoms with Crippen molar-refractivity contribution in [2.75, 3.05) is 12.4 Å². The van der Waals surface area contributed by atoms with Gasteiger partial charge < -0.3 is 21.4 Å². The SMILES string of the molecule is CNC(=O)CC(NC(=O)c1ccn2c(-c3cccc(N/C(C)=C\C(C)=N)c3)cnc2c1)c1cccnc1. The van der Waals surface area contributed by atoms with Crippen LogP contribution in [0.25, 0.3) is 16.9 Å². The van der Waals surface area contributed by atoms with Gasteiger partial charge in [-0.1, -0.05) is 18.2 Å². The molecule has 37 heavy (non-hydrogen) atoms. The Balaban J connectivity index is 1.57. The van der Waals surface area contributed by atoms with Crippen molar-refractivity contribution in [2.24, 2.45) is 0 Å².